The van der Waals surface area contributed by atoms with Crippen molar-refractivity contribution in [3.8, 4) is 0 Å². The first-order valence-corrected chi connectivity index (χ1v) is 7.94. The number of rotatable bonds is 5. The molecule has 122 valence electrons. The zero-order valence-electron chi connectivity index (χ0n) is 13.6. The summed E-state index contributed by atoms with van der Waals surface area (Å²) in [5.41, 5.74) is 3.57. The van der Waals surface area contributed by atoms with Crippen molar-refractivity contribution in [1.29, 1.82) is 0 Å². The molecule has 3 nitrogen and oxygen atoms in total. The minimum absolute atomic E-state index is 0.473. The van der Waals surface area contributed by atoms with E-state index in [2.05, 4.69) is 23.4 Å². The van der Waals surface area contributed by atoms with Crippen LogP contribution in [0.1, 0.15) is 27.0 Å². The maximum absolute atomic E-state index is 11.8. The minimum atomic E-state index is -0.473. The topological polar surface area (TPSA) is 38.7 Å². The maximum atomic E-state index is 11.8. The van der Waals surface area contributed by atoms with E-state index in [9.17, 15) is 4.79 Å². The van der Waals surface area contributed by atoms with Crippen LogP contribution in [-0.2, 0) is 4.84 Å². The first kappa shape index (κ1) is 16.4. The van der Waals surface area contributed by atoms with Crippen LogP contribution in [0.2, 0.25) is 0 Å². The second-order valence-corrected chi connectivity index (χ2v) is 5.39. The van der Waals surface area contributed by atoms with Gasteiger partial charge in [-0.25, -0.2) is 4.79 Å². The van der Waals surface area contributed by atoms with Gasteiger partial charge in [-0.1, -0.05) is 90.1 Å². The van der Waals surface area contributed by atoms with E-state index >= 15 is 0 Å². The maximum Gasteiger partial charge on any atom is 0.365 e. The number of oxime groups is 1. The van der Waals surface area contributed by atoms with Crippen LogP contribution in [0.25, 0.3) is 12.2 Å². The van der Waals surface area contributed by atoms with Gasteiger partial charge in [-0.15, -0.1) is 0 Å². The lowest BCUT2D eigenvalue weighted by molar-refractivity contribution is 0.0519. The van der Waals surface area contributed by atoms with E-state index in [-0.39, 0.29) is 0 Å². The summed E-state index contributed by atoms with van der Waals surface area (Å²) < 4.78 is 0. The summed E-state index contributed by atoms with van der Waals surface area (Å²) in [5, 5.41) is 3.75. The zero-order chi connectivity index (χ0) is 17.3. The molecular formula is C22H17NO2. The van der Waals surface area contributed by atoms with Gasteiger partial charge in [-0.2, -0.15) is 0 Å². The second kappa shape index (κ2) is 8.41. The average Bonchev–Trinajstić information content (AvgIpc) is 2.69. The summed E-state index contributed by atoms with van der Waals surface area (Å²) in [6, 6.07) is 26.7. The predicted octanol–water partition coefficient (Wildman–Crippen LogP) is 5.05. The molecule has 0 saturated carbocycles. The van der Waals surface area contributed by atoms with Gasteiger partial charge in [0.05, 0.1) is 11.8 Å². The highest BCUT2D eigenvalue weighted by molar-refractivity contribution is 5.90. The molecule has 0 atom stereocenters. The highest BCUT2D eigenvalue weighted by Gasteiger charge is 2.04. The molecule has 0 amide bonds. The van der Waals surface area contributed by atoms with Crippen molar-refractivity contribution in [3.63, 3.8) is 0 Å². The Labute approximate surface area is 146 Å². The third-order valence-corrected chi connectivity index (χ3v) is 3.55. The van der Waals surface area contributed by atoms with E-state index in [1.54, 1.807) is 24.3 Å². The Balaban J connectivity index is 1.57. The smallest absolute Gasteiger partial charge is 0.313 e. The summed E-state index contributed by atoms with van der Waals surface area (Å²) in [6.45, 7) is 0. The Kier molecular flexibility index (Phi) is 5.52. The minimum Gasteiger partial charge on any atom is -0.313 e. The quantitative estimate of drug-likeness (QED) is 0.285. The Morgan fingerprint density at radius 2 is 1.20 bits per heavy atom. The first-order valence-electron chi connectivity index (χ1n) is 7.94. The van der Waals surface area contributed by atoms with E-state index in [1.807, 2.05) is 54.6 Å². The molecular weight excluding hydrogens is 310 g/mol. The molecule has 3 heteroatoms. The number of nitrogens with zero attached hydrogens (tertiary/aromatic N) is 1. The Morgan fingerprint density at radius 3 is 1.84 bits per heavy atom. The van der Waals surface area contributed by atoms with Crippen molar-refractivity contribution >= 4 is 24.3 Å². The largest absolute Gasteiger partial charge is 0.365 e. The van der Waals surface area contributed by atoms with Crippen molar-refractivity contribution in [2.75, 3.05) is 0 Å². The molecule has 3 rings (SSSR count). The van der Waals surface area contributed by atoms with Gasteiger partial charge >= 0.3 is 5.97 Å². The van der Waals surface area contributed by atoms with Crippen molar-refractivity contribution in [3.05, 3.63) is 107 Å². The molecule has 25 heavy (non-hydrogen) atoms. The Hall–Kier alpha value is -3.46. The summed E-state index contributed by atoms with van der Waals surface area (Å²) >= 11 is 0. The predicted molar refractivity (Wildman–Crippen MR) is 101 cm³/mol. The fourth-order valence-electron chi connectivity index (χ4n) is 2.21. The van der Waals surface area contributed by atoms with Crippen molar-refractivity contribution in [2.24, 2.45) is 5.16 Å². The zero-order valence-corrected chi connectivity index (χ0v) is 13.6. The van der Waals surface area contributed by atoms with Crippen LogP contribution in [0, 0.1) is 0 Å². The molecule has 0 saturated heterocycles. The molecule has 0 spiro atoms. The highest BCUT2D eigenvalue weighted by atomic mass is 16.7. The van der Waals surface area contributed by atoms with Crippen LogP contribution < -0.4 is 0 Å². The van der Waals surface area contributed by atoms with Gasteiger partial charge in [-0.3, -0.25) is 0 Å². The molecule has 0 radical (unpaired) electrons. The van der Waals surface area contributed by atoms with Crippen LogP contribution in [-0.4, -0.2) is 12.2 Å². The summed E-state index contributed by atoms with van der Waals surface area (Å²) in [7, 11) is 0. The van der Waals surface area contributed by atoms with Gasteiger partial charge in [0.25, 0.3) is 0 Å². The van der Waals surface area contributed by atoms with Crippen molar-refractivity contribution in [1.82, 2.24) is 0 Å². The highest BCUT2D eigenvalue weighted by Crippen LogP contribution is 2.09. The molecule has 0 aliphatic rings. The molecule has 3 aromatic carbocycles. The lowest BCUT2D eigenvalue weighted by Crippen LogP contribution is -2.00. The first-order chi connectivity index (χ1) is 12.3. The molecule has 0 unspecified atom stereocenters. The Morgan fingerprint density at radius 1 is 0.680 bits per heavy atom. The SMILES string of the molecule is O=C(ON=Cc1ccc(C=Cc2ccccc2)cc1)c1ccccc1. The van der Waals surface area contributed by atoms with Gasteiger partial charge in [0.1, 0.15) is 0 Å². The molecule has 0 N–H and O–H groups in total. The summed E-state index contributed by atoms with van der Waals surface area (Å²) in [6.07, 6.45) is 5.63. The van der Waals surface area contributed by atoms with E-state index in [0.29, 0.717) is 5.56 Å². The van der Waals surface area contributed by atoms with Crippen molar-refractivity contribution < 1.29 is 9.63 Å². The van der Waals surface area contributed by atoms with Gasteiger partial charge in [0, 0.05) is 0 Å². The fourth-order valence-corrected chi connectivity index (χ4v) is 2.21. The normalized spacial score (nSPS) is 11.0. The number of hydrogen-bond acceptors (Lipinski definition) is 3. The van der Waals surface area contributed by atoms with E-state index < -0.39 is 5.97 Å². The lowest BCUT2D eigenvalue weighted by Gasteiger charge is -1.98. The fraction of sp³-hybridized carbons (Fsp3) is 0. The molecule has 0 heterocycles. The summed E-state index contributed by atoms with van der Waals surface area (Å²) in [5.74, 6) is -0.473. The molecule has 0 aromatic heterocycles. The molecule has 0 aliphatic carbocycles. The van der Waals surface area contributed by atoms with Gasteiger partial charge < -0.3 is 4.84 Å². The van der Waals surface area contributed by atoms with Gasteiger partial charge in [-0.05, 0) is 28.8 Å². The third kappa shape index (κ3) is 5.01. The number of carbonyl (C=O) groups is 1. The van der Waals surface area contributed by atoms with Gasteiger partial charge in [0.2, 0.25) is 0 Å². The van der Waals surface area contributed by atoms with E-state index in [0.717, 1.165) is 16.7 Å². The standard InChI is InChI=1S/C22H17NO2/c24-22(21-9-5-2-6-10-21)25-23-17-20-15-13-19(14-16-20)12-11-18-7-3-1-4-8-18/h1-17H. The second-order valence-electron chi connectivity index (χ2n) is 5.39. The summed E-state index contributed by atoms with van der Waals surface area (Å²) in [4.78, 5) is 16.6. The van der Waals surface area contributed by atoms with E-state index in [4.69, 9.17) is 4.84 Å². The van der Waals surface area contributed by atoms with Crippen LogP contribution >= 0.6 is 0 Å². The molecule has 0 fully saturated rings. The third-order valence-electron chi connectivity index (χ3n) is 3.55. The van der Waals surface area contributed by atoms with Gasteiger partial charge in [0.15, 0.2) is 0 Å². The van der Waals surface area contributed by atoms with E-state index in [1.165, 1.54) is 6.21 Å². The van der Waals surface area contributed by atoms with Crippen LogP contribution in [0.5, 0.6) is 0 Å². The van der Waals surface area contributed by atoms with Crippen LogP contribution in [0.3, 0.4) is 0 Å². The number of hydrogen-bond donors (Lipinski definition) is 0. The van der Waals surface area contributed by atoms with Crippen molar-refractivity contribution in [2.45, 2.75) is 0 Å². The monoisotopic (exact) mass is 327 g/mol. The van der Waals surface area contributed by atoms with Crippen LogP contribution in [0.4, 0.5) is 0 Å². The number of benzene rings is 3. The Bertz CT molecular complexity index is 867. The average molecular weight is 327 g/mol. The molecule has 0 bridgehead atoms. The lowest BCUT2D eigenvalue weighted by atomic mass is 10.1. The molecule has 0 aliphatic heterocycles. The number of carbonyl (C=O) groups excluding carboxylic acids is 1. The van der Waals surface area contributed by atoms with Crippen LogP contribution in [0.15, 0.2) is 90.1 Å². The molecule has 3 aromatic rings.